The fourth-order valence-electron chi connectivity index (χ4n) is 5.52. The fraction of sp³-hybridized carbons (Fsp3) is 0.150. The van der Waals surface area contributed by atoms with E-state index in [1.165, 1.54) is 41.8 Å². The zero-order chi connectivity index (χ0) is 36.8. The largest absolute Gasteiger partial charge is 0.497 e. The van der Waals surface area contributed by atoms with Crippen LogP contribution < -0.4 is 10.1 Å². The first-order valence-electron chi connectivity index (χ1n) is 16.2. The summed E-state index contributed by atoms with van der Waals surface area (Å²) in [5.41, 5.74) is 5.64. The van der Waals surface area contributed by atoms with Crippen LogP contribution in [-0.4, -0.2) is 57.0 Å². The third-order valence-corrected chi connectivity index (χ3v) is 8.30. The van der Waals surface area contributed by atoms with Crippen molar-refractivity contribution < 1.29 is 37.8 Å². The molecule has 0 spiro atoms. The van der Waals surface area contributed by atoms with Crippen LogP contribution in [0.3, 0.4) is 0 Å². The molecule has 0 aliphatic carbocycles. The molecule has 1 heterocycles. The molecule has 6 rings (SSSR count). The van der Waals surface area contributed by atoms with Crippen LogP contribution in [0.1, 0.15) is 27.0 Å². The number of benzene rings is 5. The predicted molar refractivity (Wildman–Crippen MR) is 190 cm³/mol. The number of rotatable bonds is 12. The molecule has 0 fully saturated rings. The fourth-order valence-corrected chi connectivity index (χ4v) is 5.52. The number of hydrogen-bond acceptors (Lipinski definition) is 8. The molecule has 12 heteroatoms. The van der Waals surface area contributed by atoms with Gasteiger partial charge in [0.25, 0.3) is 11.8 Å². The summed E-state index contributed by atoms with van der Waals surface area (Å²) in [5, 5.41) is 26.1. The first-order valence-corrected chi connectivity index (χ1v) is 16.2. The monoisotopic (exact) mass is 704 g/mol. The Hall–Kier alpha value is -6.24. The highest BCUT2D eigenvalue weighted by atomic mass is 19.1. The van der Waals surface area contributed by atoms with Crippen molar-refractivity contribution in [2.45, 2.75) is 26.2 Å². The van der Waals surface area contributed by atoms with E-state index < -0.39 is 41.7 Å². The molecule has 0 aliphatic heterocycles. The molecule has 6 aromatic rings. The van der Waals surface area contributed by atoms with Gasteiger partial charge in [-0.05, 0) is 60.0 Å². The van der Waals surface area contributed by atoms with Crippen molar-refractivity contribution in [3.8, 4) is 39.7 Å². The molecule has 2 amide bonds. The molecule has 0 bridgehead atoms. The van der Waals surface area contributed by atoms with Crippen molar-refractivity contribution in [1.29, 1.82) is 0 Å². The lowest BCUT2D eigenvalue weighted by atomic mass is 10.0. The Balaban J connectivity index is 1.08. The lowest BCUT2D eigenvalue weighted by Crippen LogP contribution is -2.37. The molecule has 0 saturated carbocycles. The molecule has 0 saturated heterocycles. The summed E-state index contributed by atoms with van der Waals surface area (Å²) >= 11 is 0. The second-order valence-corrected chi connectivity index (χ2v) is 12.1. The number of ether oxygens (including phenoxy) is 1. The number of aliphatic hydroxyl groups is 2. The Labute approximate surface area is 297 Å². The van der Waals surface area contributed by atoms with E-state index in [0.29, 0.717) is 28.5 Å². The van der Waals surface area contributed by atoms with Crippen molar-refractivity contribution >= 4 is 17.5 Å². The molecule has 3 N–H and O–H groups in total. The number of carbonyl (C=O) groups is 2. The van der Waals surface area contributed by atoms with E-state index in [-0.39, 0.29) is 24.4 Å². The molecule has 1 aromatic heterocycles. The highest BCUT2D eigenvalue weighted by molar-refractivity contribution is 5.96. The second kappa shape index (κ2) is 15.8. The predicted octanol–water partition coefficient (Wildman–Crippen LogP) is 6.80. The molecular weight excluding hydrogens is 670 g/mol. The average Bonchev–Trinajstić information content (AvgIpc) is 3.64. The lowest BCUT2D eigenvalue weighted by Gasteiger charge is -2.24. The van der Waals surface area contributed by atoms with Crippen LogP contribution in [-0.2, 0) is 17.8 Å². The Morgan fingerprint density at radius 1 is 0.827 bits per heavy atom. The molecule has 264 valence electrons. The molecule has 0 atom stereocenters. The van der Waals surface area contributed by atoms with Gasteiger partial charge in [-0.25, -0.2) is 8.78 Å². The number of hydrogen-bond donors (Lipinski definition) is 3. The average molecular weight is 705 g/mol. The van der Waals surface area contributed by atoms with Crippen LogP contribution in [0.25, 0.3) is 34.0 Å². The zero-order valence-corrected chi connectivity index (χ0v) is 28.2. The van der Waals surface area contributed by atoms with Crippen molar-refractivity contribution in [3.05, 3.63) is 143 Å². The van der Waals surface area contributed by atoms with Crippen LogP contribution in [0.5, 0.6) is 5.75 Å². The molecule has 0 aliphatic rings. The standard InChI is InChI=1S/C40H34F2N4O6/c1-24-3-7-26(8-4-24)27-11-13-29(14-12-27)39-44-38(45-52-39)28-9-5-25(6-10-28)22-46(23-37(48)49)40(50)30-15-17-31(18-16-30)43-36(47)21-33-34(41)19-32(51-2)20-35(33)42/h3-20,37,48-49H,21-23H2,1-2H3,(H,43,47). The van der Waals surface area contributed by atoms with Gasteiger partial charge in [-0.2, -0.15) is 4.98 Å². The number of carbonyl (C=O) groups excluding carboxylic acids is 2. The van der Waals surface area contributed by atoms with E-state index in [1.807, 2.05) is 31.2 Å². The molecule has 0 radical (unpaired) electrons. The quantitative estimate of drug-likeness (QED) is 0.118. The summed E-state index contributed by atoms with van der Waals surface area (Å²) < 4.78 is 38.9. The van der Waals surface area contributed by atoms with E-state index in [9.17, 15) is 28.6 Å². The van der Waals surface area contributed by atoms with Gasteiger partial charge >= 0.3 is 0 Å². The van der Waals surface area contributed by atoms with Gasteiger partial charge in [0.2, 0.25) is 11.7 Å². The van der Waals surface area contributed by atoms with E-state index in [4.69, 9.17) is 9.26 Å². The molecule has 0 unspecified atom stereocenters. The number of methoxy groups -OCH3 is 1. The maximum absolute atomic E-state index is 14.3. The summed E-state index contributed by atoms with van der Waals surface area (Å²) in [4.78, 5) is 31.8. The topological polar surface area (TPSA) is 138 Å². The number of nitrogens with one attached hydrogen (secondary N) is 1. The van der Waals surface area contributed by atoms with Crippen molar-refractivity contribution in [3.63, 3.8) is 0 Å². The van der Waals surface area contributed by atoms with Gasteiger partial charge in [-0.3, -0.25) is 9.59 Å². The molecule has 5 aromatic carbocycles. The first kappa shape index (κ1) is 35.6. The molecular formula is C40H34F2N4O6. The van der Waals surface area contributed by atoms with E-state index >= 15 is 0 Å². The smallest absolute Gasteiger partial charge is 0.258 e. The SMILES string of the molecule is COc1cc(F)c(CC(=O)Nc2ccc(C(=O)N(Cc3ccc(-c4noc(-c5ccc(-c6ccc(C)cc6)cc5)n4)cc3)CC(O)O)cc2)c(F)c1. The minimum absolute atomic E-state index is 0.00561. The summed E-state index contributed by atoms with van der Waals surface area (Å²) in [6.07, 6.45) is -2.34. The highest BCUT2D eigenvalue weighted by Gasteiger charge is 2.20. The zero-order valence-electron chi connectivity index (χ0n) is 28.2. The van der Waals surface area contributed by atoms with Crippen molar-refractivity contribution in [2.24, 2.45) is 0 Å². The van der Waals surface area contributed by atoms with Crippen molar-refractivity contribution in [2.75, 3.05) is 19.0 Å². The minimum Gasteiger partial charge on any atom is -0.497 e. The minimum atomic E-state index is -1.79. The van der Waals surface area contributed by atoms with Crippen LogP contribution >= 0.6 is 0 Å². The number of anilines is 1. The van der Waals surface area contributed by atoms with Crippen molar-refractivity contribution in [1.82, 2.24) is 15.0 Å². The Morgan fingerprint density at radius 3 is 2.00 bits per heavy atom. The van der Waals surface area contributed by atoms with Gasteiger partial charge < -0.3 is 29.7 Å². The van der Waals surface area contributed by atoms with Crippen LogP contribution in [0.4, 0.5) is 14.5 Å². The van der Waals surface area contributed by atoms with E-state index in [0.717, 1.165) is 28.8 Å². The summed E-state index contributed by atoms with van der Waals surface area (Å²) in [6, 6.07) is 31.1. The second-order valence-electron chi connectivity index (χ2n) is 12.1. The third-order valence-electron chi connectivity index (χ3n) is 8.30. The van der Waals surface area contributed by atoms with Gasteiger partial charge in [0, 0.05) is 46.6 Å². The van der Waals surface area contributed by atoms with Crippen LogP contribution in [0.15, 0.2) is 114 Å². The Morgan fingerprint density at radius 2 is 1.40 bits per heavy atom. The molecule has 52 heavy (non-hydrogen) atoms. The van der Waals surface area contributed by atoms with Gasteiger partial charge in [0.1, 0.15) is 17.4 Å². The lowest BCUT2D eigenvalue weighted by molar-refractivity contribution is -0.115. The number of aryl methyl sites for hydroxylation is 1. The number of aliphatic hydroxyl groups excluding tert-OH is 1. The summed E-state index contributed by atoms with van der Waals surface area (Å²) in [7, 11) is 1.28. The van der Waals surface area contributed by atoms with Crippen LogP contribution in [0.2, 0.25) is 0 Å². The Bertz CT molecular complexity index is 2150. The first-order chi connectivity index (χ1) is 25.1. The maximum Gasteiger partial charge on any atom is 0.258 e. The van der Waals surface area contributed by atoms with Gasteiger partial charge in [-0.1, -0.05) is 71.4 Å². The number of aromatic nitrogens is 2. The summed E-state index contributed by atoms with van der Waals surface area (Å²) in [5.74, 6) is -2.23. The molecule has 10 nitrogen and oxygen atoms in total. The number of halogens is 2. The van der Waals surface area contributed by atoms with Gasteiger partial charge in [0.05, 0.1) is 20.1 Å². The van der Waals surface area contributed by atoms with E-state index in [2.05, 4.69) is 39.7 Å². The Kier molecular flexibility index (Phi) is 10.8. The normalized spacial score (nSPS) is 11.1. The van der Waals surface area contributed by atoms with Gasteiger partial charge in [0.15, 0.2) is 6.29 Å². The number of amides is 2. The van der Waals surface area contributed by atoms with Crippen LogP contribution in [0, 0.1) is 18.6 Å². The van der Waals surface area contributed by atoms with Gasteiger partial charge in [-0.15, -0.1) is 0 Å². The third kappa shape index (κ3) is 8.55. The highest BCUT2D eigenvalue weighted by Crippen LogP contribution is 2.27. The summed E-state index contributed by atoms with van der Waals surface area (Å²) in [6.45, 7) is 1.74. The maximum atomic E-state index is 14.3. The number of nitrogens with zero attached hydrogens (tertiary/aromatic N) is 3. The van der Waals surface area contributed by atoms with E-state index in [1.54, 1.807) is 24.3 Å².